The van der Waals surface area contributed by atoms with Gasteiger partial charge in [0.05, 0.1) is 0 Å². The topological polar surface area (TPSA) is 49.8 Å². The van der Waals surface area contributed by atoms with E-state index in [9.17, 15) is 5.26 Å². The zero-order chi connectivity index (χ0) is 17.1. The Balaban J connectivity index is 1.68. The lowest BCUT2D eigenvalue weighted by Gasteiger charge is -2.36. The molecule has 0 bridgehead atoms. The fourth-order valence-corrected chi connectivity index (χ4v) is 3.78. The summed E-state index contributed by atoms with van der Waals surface area (Å²) in [5.41, 5.74) is 3.25. The highest BCUT2D eigenvalue weighted by atomic mass is 15.2. The number of nitrogens with zero attached hydrogens (tertiary/aromatic N) is 5. The van der Waals surface area contributed by atoms with Crippen LogP contribution in [0.3, 0.4) is 0 Å². The van der Waals surface area contributed by atoms with Crippen LogP contribution in [-0.2, 0) is 27.1 Å². The highest BCUT2D eigenvalue weighted by Crippen LogP contribution is 2.25. The van der Waals surface area contributed by atoms with Crippen LogP contribution >= 0.6 is 0 Å². The van der Waals surface area contributed by atoms with E-state index in [2.05, 4.69) is 40.6 Å². The van der Waals surface area contributed by atoms with Crippen molar-refractivity contribution in [3.05, 3.63) is 41.2 Å². The summed E-state index contributed by atoms with van der Waals surface area (Å²) in [4.78, 5) is 7.06. The number of aromatic nitrogens is 3. The largest absolute Gasteiger partial charge is 0.340 e. The molecule has 3 rings (SSSR count). The molecule has 2 aromatic heterocycles. The molecule has 1 aliphatic heterocycles. The first-order valence-electron chi connectivity index (χ1n) is 8.85. The zero-order valence-electron chi connectivity index (χ0n) is 15.0. The predicted molar refractivity (Wildman–Crippen MR) is 94.4 cm³/mol. The fourth-order valence-electron chi connectivity index (χ4n) is 3.78. The quantitative estimate of drug-likeness (QED) is 0.849. The second-order valence-corrected chi connectivity index (χ2v) is 6.92. The number of rotatable bonds is 5. The van der Waals surface area contributed by atoms with E-state index < -0.39 is 0 Å². The average molecular weight is 325 g/mol. The van der Waals surface area contributed by atoms with Crippen LogP contribution in [0.15, 0.2) is 18.5 Å². The maximum absolute atomic E-state index is 9.24. The SMILES string of the molecule is Cc1c(CN2CCCC[C@@H]2CCc2nccn2C)cc(C#N)n1C. The minimum Gasteiger partial charge on any atom is -0.340 e. The Kier molecular flexibility index (Phi) is 5.06. The Hall–Kier alpha value is -2.06. The molecule has 3 heterocycles. The summed E-state index contributed by atoms with van der Waals surface area (Å²) in [5.74, 6) is 1.17. The Morgan fingerprint density at radius 2 is 2.17 bits per heavy atom. The van der Waals surface area contributed by atoms with Crippen LogP contribution < -0.4 is 0 Å². The van der Waals surface area contributed by atoms with Gasteiger partial charge in [0.1, 0.15) is 17.6 Å². The van der Waals surface area contributed by atoms with Crippen LogP contribution in [0.4, 0.5) is 0 Å². The second kappa shape index (κ2) is 7.23. The Bertz CT molecular complexity index is 734. The minimum absolute atomic E-state index is 0.612. The van der Waals surface area contributed by atoms with Gasteiger partial charge >= 0.3 is 0 Å². The first kappa shape index (κ1) is 16.8. The summed E-state index contributed by atoms with van der Waals surface area (Å²) in [7, 11) is 4.05. The van der Waals surface area contributed by atoms with Gasteiger partial charge in [0.2, 0.25) is 0 Å². The summed E-state index contributed by atoms with van der Waals surface area (Å²) in [6.45, 7) is 4.22. The lowest BCUT2D eigenvalue weighted by atomic mass is 9.97. The first-order chi connectivity index (χ1) is 11.6. The molecule has 1 aliphatic rings. The third-order valence-corrected chi connectivity index (χ3v) is 5.50. The molecule has 5 heteroatoms. The van der Waals surface area contributed by atoms with E-state index in [0.29, 0.717) is 6.04 Å². The third kappa shape index (κ3) is 3.39. The molecule has 0 aromatic carbocycles. The van der Waals surface area contributed by atoms with Gasteiger partial charge in [0.25, 0.3) is 0 Å². The fraction of sp³-hybridized carbons (Fsp3) is 0.579. The Morgan fingerprint density at radius 1 is 1.33 bits per heavy atom. The monoisotopic (exact) mass is 325 g/mol. The van der Waals surface area contributed by atoms with Crippen molar-refractivity contribution in [2.75, 3.05) is 6.54 Å². The number of hydrogen-bond acceptors (Lipinski definition) is 3. The molecule has 5 nitrogen and oxygen atoms in total. The molecule has 0 radical (unpaired) electrons. The van der Waals surface area contributed by atoms with E-state index >= 15 is 0 Å². The molecule has 1 fully saturated rings. The summed E-state index contributed by atoms with van der Waals surface area (Å²) >= 11 is 0. The molecule has 0 aliphatic carbocycles. The van der Waals surface area contributed by atoms with Crippen LogP contribution in [0.25, 0.3) is 0 Å². The van der Waals surface area contributed by atoms with Gasteiger partial charge in [0, 0.05) is 51.2 Å². The second-order valence-electron chi connectivity index (χ2n) is 6.92. The predicted octanol–water partition coefficient (Wildman–Crippen LogP) is 2.93. The normalized spacial score (nSPS) is 18.7. The van der Waals surface area contributed by atoms with Crippen LogP contribution in [0.1, 0.15) is 48.5 Å². The van der Waals surface area contributed by atoms with Crippen molar-refractivity contribution in [2.24, 2.45) is 14.1 Å². The summed E-state index contributed by atoms with van der Waals surface area (Å²) < 4.78 is 4.12. The maximum Gasteiger partial charge on any atom is 0.120 e. The molecule has 1 saturated heterocycles. The molecule has 0 saturated carbocycles. The molecule has 1 atom stereocenters. The Labute approximate surface area is 144 Å². The molecular weight excluding hydrogens is 298 g/mol. The van der Waals surface area contributed by atoms with Crippen molar-refractivity contribution in [2.45, 2.75) is 51.6 Å². The summed E-state index contributed by atoms with van der Waals surface area (Å²) in [6.07, 6.45) is 9.94. The molecule has 24 heavy (non-hydrogen) atoms. The molecule has 0 amide bonds. The van der Waals surface area contributed by atoms with Crippen LogP contribution in [0.2, 0.25) is 0 Å². The van der Waals surface area contributed by atoms with Gasteiger partial charge in [-0.15, -0.1) is 0 Å². The van der Waals surface area contributed by atoms with E-state index in [1.165, 1.54) is 36.3 Å². The van der Waals surface area contributed by atoms with E-state index in [1.54, 1.807) is 0 Å². The summed E-state index contributed by atoms with van der Waals surface area (Å²) in [6, 6.07) is 4.96. The lowest BCUT2D eigenvalue weighted by Crippen LogP contribution is -2.39. The van der Waals surface area contributed by atoms with Crippen molar-refractivity contribution in [3.8, 4) is 6.07 Å². The van der Waals surface area contributed by atoms with Gasteiger partial charge in [0.15, 0.2) is 0 Å². The van der Waals surface area contributed by atoms with Crippen LogP contribution in [0, 0.1) is 18.3 Å². The minimum atomic E-state index is 0.612. The van der Waals surface area contributed by atoms with Crippen LogP contribution in [-0.4, -0.2) is 31.6 Å². The van der Waals surface area contributed by atoms with E-state index in [0.717, 1.165) is 31.6 Å². The molecule has 2 aromatic rings. The molecular formula is C19H27N5. The standard InChI is InChI=1S/C19H27N5/c1-15-16(12-18(13-20)23(15)3)14-24-10-5-4-6-17(24)7-8-19-21-9-11-22(19)2/h9,11-12,17H,4-8,10,14H2,1-3H3/t17-/m1/s1. The van der Waals surface area contributed by atoms with Gasteiger partial charge < -0.3 is 9.13 Å². The lowest BCUT2D eigenvalue weighted by molar-refractivity contribution is 0.131. The number of likely N-dealkylation sites (tertiary alicyclic amines) is 1. The summed E-state index contributed by atoms with van der Waals surface area (Å²) in [5, 5.41) is 9.24. The van der Waals surface area contributed by atoms with E-state index in [4.69, 9.17) is 0 Å². The molecule has 0 spiro atoms. The smallest absolute Gasteiger partial charge is 0.120 e. The molecule has 128 valence electrons. The number of imidazole rings is 1. The van der Waals surface area contributed by atoms with Gasteiger partial charge in [-0.1, -0.05) is 6.42 Å². The molecule has 0 N–H and O–H groups in total. The highest BCUT2D eigenvalue weighted by molar-refractivity contribution is 5.34. The highest BCUT2D eigenvalue weighted by Gasteiger charge is 2.24. The van der Waals surface area contributed by atoms with Gasteiger partial charge in [-0.05, 0) is 44.4 Å². The van der Waals surface area contributed by atoms with E-state index in [-0.39, 0.29) is 0 Å². The third-order valence-electron chi connectivity index (χ3n) is 5.50. The van der Waals surface area contributed by atoms with Gasteiger partial charge in [-0.25, -0.2) is 4.98 Å². The van der Waals surface area contributed by atoms with Gasteiger partial charge in [-0.2, -0.15) is 5.26 Å². The molecule has 0 unspecified atom stereocenters. The average Bonchev–Trinajstić information content (AvgIpc) is 3.12. The van der Waals surface area contributed by atoms with Crippen molar-refractivity contribution in [3.63, 3.8) is 0 Å². The van der Waals surface area contributed by atoms with Crippen LogP contribution in [0.5, 0.6) is 0 Å². The number of hydrogen-bond donors (Lipinski definition) is 0. The van der Waals surface area contributed by atoms with Crippen molar-refractivity contribution in [1.82, 2.24) is 19.0 Å². The number of piperidine rings is 1. The maximum atomic E-state index is 9.24. The number of aryl methyl sites for hydroxylation is 2. The zero-order valence-corrected chi connectivity index (χ0v) is 15.0. The van der Waals surface area contributed by atoms with Crippen molar-refractivity contribution >= 4 is 0 Å². The van der Waals surface area contributed by atoms with Gasteiger partial charge in [-0.3, -0.25) is 4.90 Å². The van der Waals surface area contributed by atoms with Crippen molar-refractivity contribution in [1.29, 1.82) is 5.26 Å². The Morgan fingerprint density at radius 3 is 2.83 bits per heavy atom. The number of nitriles is 1. The van der Waals surface area contributed by atoms with Crippen molar-refractivity contribution < 1.29 is 0 Å². The van der Waals surface area contributed by atoms with E-state index in [1.807, 2.05) is 24.0 Å². The first-order valence-corrected chi connectivity index (χ1v) is 8.85.